The van der Waals surface area contributed by atoms with Crippen LogP contribution in [0.3, 0.4) is 0 Å². The molecule has 0 aliphatic rings. The molecule has 5 nitrogen and oxygen atoms in total. The van der Waals surface area contributed by atoms with Crippen LogP contribution in [0.25, 0.3) is 16.5 Å². The Bertz CT molecular complexity index is 1030. The molecule has 0 aliphatic carbocycles. The van der Waals surface area contributed by atoms with E-state index in [1.54, 1.807) is 0 Å². The molecule has 1 atom stereocenters. The van der Waals surface area contributed by atoms with Gasteiger partial charge in [-0.25, -0.2) is 4.68 Å². The Balaban J connectivity index is 0.00000256. The SMILES string of the molecule is CC(C)C(O[N-]C(C)(c1ccccc1)c1ccccc1)n1nnc2ccccc21.[Li+]. The number of benzene rings is 3. The van der Waals surface area contributed by atoms with Crippen molar-refractivity contribution in [3.05, 3.63) is 102 Å². The van der Waals surface area contributed by atoms with E-state index in [1.165, 1.54) is 0 Å². The van der Waals surface area contributed by atoms with Gasteiger partial charge in [0.1, 0.15) is 11.7 Å². The molecular formula is C24H25LiN4O. The fourth-order valence-corrected chi connectivity index (χ4v) is 3.48. The minimum atomic E-state index is -0.647. The zero-order valence-electron chi connectivity index (χ0n) is 17.9. The summed E-state index contributed by atoms with van der Waals surface area (Å²) in [6.07, 6.45) is -0.367. The van der Waals surface area contributed by atoms with E-state index in [1.807, 2.05) is 65.3 Å². The first kappa shape index (κ1) is 22.3. The van der Waals surface area contributed by atoms with Gasteiger partial charge in [-0.3, -0.25) is 0 Å². The van der Waals surface area contributed by atoms with E-state index < -0.39 is 5.54 Å². The normalized spacial score (nSPS) is 12.7. The maximum absolute atomic E-state index is 6.22. The molecular weight excluding hydrogens is 367 g/mol. The van der Waals surface area contributed by atoms with Crippen molar-refractivity contribution in [1.29, 1.82) is 0 Å². The molecule has 0 aliphatic heterocycles. The quantitative estimate of drug-likeness (QED) is 0.359. The van der Waals surface area contributed by atoms with Gasteiger partial charge in [0, 0.05) is 0 Å². The second-order valence-corrected chi connectivity index (χ2v) is 7.66. The zero-order chi connectivity index (χ0) is 20.3. The number of hydrogen-bond donors (Lipinski definition) is 0. The van der Waals surface area contributed by atoms with Crippen molar-refractivity contribution in [3.8, 4) is 0 Å². The van der Waals surface area contributed by atoms with Crippen LogP contribution < -0.4 is 18.9 Å². The summed E-state index contributed by atoms with van der Waals surface area (Å²) in [6, 6.07) is 28.3. The molecule has 0 bridgehead atoms. The first-order valence-electron chi connectivity index (χ1n) is 9.88. The topological polar surface area (TPSA) is 54.0 Å². The Labute approximate surface area is 189 Å². The number of hydrogen-bond acceptors (Lipinski definition) is 3. The number of rotatable bonds is 7. The summed E-state index contributed by atoms with van der Waals surface area (Å²) in [5.74, 6) is 0.152. The van der Waals surface area contributed by atoms with E-state index in [0.29, 0.717) is 0 Å². The average Bonchev–Trinajstić information content (AvgIpc) is 3.19. The van der Waals surface area contributed by atoms with Crippen LogP contribution in [0.2, 0.25) is 0 Å². The molecule has 0 spiro atoms. The third-order valence-corrected chi connectivity index (χ3v) is 5.20. The monoisotopic (exact) mass is 392 g/mol. The summed E-state index contributed by atoms with van der Waals surface area (Å²) < 4.78 is 1.82. The van der Waals surface area contributed by atoms with Gasteiger partial charge in [0.15, 0.2) is 0 Å². The van der Waals surface area contributed by atoms with E-state index in [9.17, 15) is 0 Å². The van der Waals surface area contributed by atoms with Gasteiger partial charge in [-0.05, 0) is 18.1 Å². The Morgan fingerprint density at radius 3 is 1.93 bits per heavy atom. The summed E-state index contributed by atoms with van der Waals surface area (Å²) in [7, 11) is 0. The summed E-state index contributed by atoms with van der Waals surface area (Å²) >= 11 is 0. The summed E-state index contributed by atoms with van der Waals surface area (Å²) in [5.41, 5.74) is 8.05. The van der Waals surface area contributed by atoms with Crippen LogP contribution in [0.5, 0.6) is 0 Å². The van der Waals surface area contributed by atoms with Crippen molar-refractivity contribution < 1.29 is 23.7 Å². The van der Waals surface area contributed by atoms with Crippen molar-refractivity contribution in [3.63, 3.8) is 0 Å². The summed E-state index contributed by atoms with van der Waals surface area (Å²) in [6.45, 7) is 6.27. The first-order chi connectivity index (χ1) is 14.1. The van der Waals surface area contributed by atoms with Crippen molar-refractivity contribution in [2.24, 2.45) is 5.92 Å². The molecule has 1 aromatic heterocycles. The predicted molar refractivity (Wildman–Crippen MR) is 115 cm³/mol. The fraction of sp³-hybridized carbons (Fsp3) is 0.250. The third-order valence-electron chi connectivity index (χ3n) is 5.20. The van der Waals surface area contributed by atoms with Crippen LogP contribution in [0.4, 0.5) is 0 Å². The van der Waals surface area contributed by atoms with E-state index in [-0.39, 0.29) is 31.0 Å². The van der Waals surface area contributed by atoms with Crippen molar-refractivity contribution in [2.75, 3.05) is 0 Å². The first-order valence-corrected chi connectivity index (χ1v) is 9.88. The molecule has 0 saturated carbocycles. The van der Waals surface area contributed by atoms with E-state index in [4.69, 9.17) is 10.3 Å². The molecule has 1 heterocycles. The van der Waals surface area contributed by atoms with Crippen molar-refractivity contribution in [1.82, 2.24) is 15.0 Å². The average molecular weight is 392 g/mol. The van der Waals surface area contributed by atoms with Gasteiger partial charge in [0.05, 0.1) is 5.52 Å². The minimum absolute atomic E-state index is 0. The fourth-order valence-electron chi connectivity index (χ4n) is 3.48. The molecule has 30 heavy (non-hydrogen) atoms. The smallest absolute Gasteiger partial charge is 0.520 e. The largest absolute Gasteiger partial charge is 1.00 e. The van der Waals surface area contributed by atoms with E-state index >= 15 is 0 Å². The van der Waals surface area contributed by atoms with Crippen molar-refractivity contribution >= 4 is 11.0 Å². The van der Waals surface area contributed by atoms with E-state index in [2.05, 4.69) is 55.3 Å². The maximum Gasteiger partial charge on any atom is 1.00 e. The molecule has 0 radical (unpaired) electrons. The van der Waals surface area contributed by atoms with Gasteiger partial charge in [0.2, 0.25) is 0 Å². The maximum atomic E-state index is 6.22. The molecule has 6 heteroatoms. The molecule has 4 aromatic rings. The number of aromatic nitrogens is 3. The van der Waals surface area contributed by atoms with Crippen LogP contribution in [0.1, 0.15) is 38.1 Å². The molecule has 0 amide bonds. The predicted octanol–water partition coefficient (Wildman–Crippen LogP) is 2.86. The molecule has 0 fully saturated rings. The standard InChI is InChI=1S/C24H25N4O.Li/c1-18(2)23(28-22-17-11-10-16-21(22)25-27-28)29-26-24(3,19-12-6-4-7-13-19)20-14-8-5-9-15-20;/h4-18,23H,1-3H3;/q-1;+1. The third kappa shape index (κ3) is 4.35. The second kappa shape index (κ2) is 9.59. The summed E-state index contributed by atoms with van der Waals surface area (Å²) in [4.78, 5) is 6.22. The zero-order valence-corrected chi connectivity index (χ0v) is 17.9. The molecule has 3 aromatic carbocycles. The van der Waals surface area contributed by atoms with Crippen molar-refractivity contribution in [2.45, 2.75) is 32.5 Å². The molecule has 148 valence electrons. The van der Waals surface area contributed by atoms with Gasteiger partial charge in [-0.2, -0.15) is 0 Å². The van der Waals surface area contributed by atoms with E-state index in [0.717, 1.165) is 22.2 Å². The molecule has 0 saturated heterocycles. The molecule has 4 rings (SSSR count). The van der Waals surface area contributed by atoms with Gasteiger partial charge in [0.25, 0.3) is 0 Å². The number of fused-ring (bicyclic) bond motifs is 1. The Morgan fingerprint density at radius 2 is 1.37 bits per heavy atom. The number of para-hydroxylation sites is 1. The summed E-state index contributed by atoms with van der Waals surface area (Å²) in [5, 5.41) is 8.62. The Kier molecular flexibility index (Phi) is 7.12. The molecule has 0 N–H and O–H groups in total. The molecule has 1 unspecified atom stereocenters. The van der Waals surface area contributed by atoms with Crippen LogP contribution in [0.15, 0.2) is 84.9 Å². The van der Waals surface area contributed by atoms with Crippen LogP contribution in [-0.2, 0) is 10.4 Å². The van der Waals surface area contributed by atoms with Crippen LogP contribution in [0, 0.1) is 5.92 Å². The Morgan fingerprint density at radius 1 is 0.833 bits per heavy atom. The van der Waals surface area contributed by atoms with Crippen LogP contribution in [-0.4, -0.2) is 15.0 Å². The van der Waals surface area contributed by atoms with Gasteiger partial charge in [-0.15, -0.1) is 5.10 Å². The number of hydroxylamine groups is 1. The van der Waals surface area contributed by atoms with Gasteiger partial charge >= 0.3 is 18.9 Å². The van der Waals surface area contributed by atoms with Gasteiger partial charge < -0.3 is 10.3 Å². The minimum Gasteiger partial charge on any atom is -0.520 e. The second-order valence-electron chi connectivity index (χ2n) is 7.66. The number of nitrogens with zero attached hydrogens (tertiary/aromatic N) is 4. The van der Waals surface area contributed by atoms with Gasteiger partial charge in [-0.1, -0.05) is 115 Å². The Hall–Kier alpha value is -2.42. The van der Waals surface area contributed by atoms with Crippen LogP contribution >= 0.6 is 0 Å².